The van der Waals surface area contributed by atoms with Gasteiger partial charge in [-0.1, -0.05) is 13.8 Å². The Morgan fingerprint density at radius 3 is 2.59 bits per heavy atom. The minimum absolute atomic E-state index is 0.0477. The molecule has 1 aromatic carbocycles. The number of aromatic nitrogens is 1. The van der Waals surface area contributed by atoms with Gasteiger partial charge in [0.25, 0.3) is 5.91 Å². The summed E-state index contributed by atoms with van der Waals surface area (Å²) in [7, 11) is 1.69. The molecule has 156 valence electrons. The van der Waals surface area contributed by atoms with Gasteiger partial charge in [-0.15, -0.1) is 0 Å². The van der Waals surface area contributed by atoms with Crippen LogP contribution in [0.4, 0.5) is 0 Å². The topological polar surface area (TPSA) is 54.5 Å². The summed E-state index contributed by atoms with van der Waals surface area (Å²) in [5.74, 6) is 2.08. The van der Waals surface area contributed by atoms with Gasteiger partial charge >= 0.3 is 0 Å². The average Bonchev–Trinajstić information content (AvgIpc) is 3.12. The smallest absolute Gasteiger partial charge is 0.252 e. The van der Waals surface area contributed by atoms with Crippen LogP contribution in [0.15, 0.2) is 30.5 Å². The van der Waals surface area contributed by atoms with E-state index in [9.17, 15) is 4.79 Å². The van der Waals surface area contributed by atoms with Crippen LogP contribution in [0, 0.1) is 25.7 Å². The molecule has 5 heteroatoms. The lowest BCUT2D eigenvalue weighted by Gasteiger charge is -2.18. The largest absolute Gasteiger partial charge is 0.496 e. The zero-order valence-electron chi connectivity index (χ0n) is 18.3. The van der Waals surface area contributed by atoms with E-state index in [1.54, 1.807) is 13.3 Å². The number of hydrogen-bond acceptors (Lipinski definition) is 4. The molecule has 1 fully saturated rings. The predicted octanol–water partition coefficient (Wildman–Crippen LogP) is 4.08. The average molecular weight is 396 g/mol. The normalized spacial score (nSPS) is 17.0. The molecule has 0 saturated carbocycles. The quantitative estimate of drug-likeness (QED) is 0.767. The molecule has 0 radical (unpaired) electrons. The monoisotopic (exact) mass is 395 g/mol. The van der Waals surface area contributed by atoms with Crippen molar-refractivity contribution in [3.63, 3.8) is 0 Å². The molecule has 1 aromatic heterocycles. The summed E-state index contributed by atoms with van der Waals surface area (Å²) in [5.41, 5.74) is 4.65. The van der Waals surface area contributed by atoms with Crippen molar-refractivity contribution in [3.8, 4) is 17.0 Å². The van der Waals surface area contributed by atoms with Crippen LogP contribution in [-0.2, 0) is 0 Å². The molecule has 1 saturated heterocycles. The SMILES string of the molecule is COc1c(C)cc(-c2ccc(C(=O)NC[C@H]3CCN(CC(C)C)C3)cn2)cc1C. The van der Waals surface area contributed by atoms with Gasteiger partial charge in [0.2, 0.25) is 0 Å². The molecule has 1 N–H and O–H groups in total. The third kappa shape index (κ3) is 5.36. The van der Waals surface area contributed by atoms with Gasteiger partial charge in [0, 0.05) is 31.4 Å². The number of amides is 1. The fraction of sp³-hybridized carbons (Fsp3) is 0.500. The van der Waals surface area contributed by atoms with Crippen molar-refractivity contribution < 1.29 is 9.53 Å². The molecule has 1 aliphatic rings. The molecule has 2 heterocycles. The van der Waals surface area contributed by atoms with Crippen molar-refractivity contribution in [2.24, 2.45) is 11.8 Å². The molecular formula is C24H33N3O2. The first-order valence-electron chi connectivity index (χ1n) is 10.5. The Bertz CT molecular complexity index is 823. The molecule has 1 amide bonds. The number of methoxy groups -OCH3 is 1. The lowest BCUT2D eigenvalue weighted by Crippen LogP contribution is -2.31. The first-order valence-corrected chi connectivity index (χ1v) is 10.5. The molecule has 0 bridgehead atoms. The van der Waals surface area contributed by atoms with Gasteiger partial charge in [-0.25, -0.2) is 0 Å². The second-order valence-corrected chi connectivity index (χ2v) is 8.59. The number of nitrogens with one attached hydrogen (secondary N) is 1. The van der Waals surface area contributed by atoms with Crippen LogP contribution in [0.25, 0.3) is 11.3 Å². The zero-order chi connectivity index (χ0) is 21.0. The summed E-state index contributed by atoms with van der Waals surface area (Å²) < 4.78 is 5.44. The Labute approximate surface area is 174 Å². The molecule has 5 nitrogen and oxygen atoms in total. The molecule has 2 aromatic rings. The maximum atomic E-state index is 12.5. The summed E-state index contributed by atoms with van der Waals surface area (Å²) in [6.45, 7) is 12.6. The van der Waals surface area contributed by atoms with E-state index in [4.69, 9.17) is 4.74 Å². The van der Waals surface area contributed by atoms with Crippen LogP contribution >= 0.6 is 0 Å². The van der Waals surface area contributed by atoms with Crippen molar-refractivity contribution >= 4 is 5.91 Å². The van der Waals surface area contributed by atoms with E-state index in [0.29, 0.717) is 17.4 Å². The lowest BCUT2D eigenvalue weighted by molar-refractivity contribution is 0.0947. The molecule has 1 atom stereocenters. The minimum Gasteiger partial charge on any atom is -0.496 e. The molecular weight excluding hydrogens is 362 g/mol. The number of nitrogens with zero attached hydrogens (tertiary/aromatic N) is 2. The van der Waals surface area contributed by atoms with Crippen molar-refractivity contribution in [3.05, 3.63) is 47.2 Å². The van der Waals surface area contributed by atoms with Gasteiger partial charge < -0.3 is 15.0 Å². The third-order valence-electron chi connectivity index (χ3n) is 5.53. The fourth-order valence-electron chi connectivity index (χ4n) is 4.22. The summed E-state index contributed by atoms with van der Waals surface area (Å²) in [6.07, 6.45) is 2.82. The van der Waals surface area contributed by atoms with E-state index in [-0.39, 0.29) is 5.91 Å². The number of ether oxygens (including phenoxy) is 1. The van der Waals surface area contributed by atoms with Crippen molar-refractivity contribution in [1.29, 1.82) is 0 Å². The molecule has 0 aliphatic carbocycles. The molecule has 1 aliphatic heterocycles. The number of likely N-dealkylation sites (tertiary alicyclic amines) is 1. The molecule has 29 heavy (non-hydrogen) atoms. The minimum atomic E-state index is -0.0477. The number of benzene rings is 1. The highest BCUT2D eigenvalue weighted by Crippen LogP contribution is 2.29. The van der Waals surface area contributed by atoms with Crippen LogP contribution in [0.1, 0.15) is 41.8 Å². The predicted molar refractivity (Wildman–Crippen MR) is 117 cm³/mol. The van der Waals surface area contributed by atoms with E-state index in [1.165, 1.54) is 0 Å². The molecule has 0 unspecified atom stereocenters. The van der Waals surface area contributed by atoms with Crippen molar-refractivity contribution in [2.45, 2.75) is 34.1 Å². The van der Waals surface area contributed by atoms with Crippen LogP contribution < -0.4 is 10.1 Å². The van der Waals surface area contributed by atoms with Crippen LogP contribution in [0.3, 0.4) is 0 Å². The highest BCUT2D eigenvalue weighted by Gasteiger charge is 2.23. The van der Waals surface area contributed by atoms with Gasteiger partial charge in [-0.05, 0) is 74.0 Å². The lowest BCUT2D eigenvalue weighted by atomic mass is 10.0. The van der Waals surface area contributed by atoms with Gasteiger partial charge in [0.1, 0.15) is 5.75 Å². The highest BCUT2D eigenvalue weighted by molar-refractivity contribution is 5.94. The molecule has 0 spiro atoms. The van der Waals surface area contributed by atoms with E-state index < -0.39 is 0 Å². The van der Waals surface area contributed by atoms with E-state index in [1.807, 2.05) is 26.0 Å². The van der Waals surface area contributed by atoms with Crippen molar-refractivity contribution in [2.75, 3.05) is 33.3 Å². The number of aryl methyl sites for hydroxylation is 2. The van der Waals surface area contributed by atoms with Gasteiger partial charge in [0.15, 0.2) is 0 Å². The Hall–Kier alpha value is -2.40. The number of pyridine rings is 1. The third-order valence-corrected chi connectivity index (χ3v) is 5.53. The summed E-state index contributed by atoms with van der Waals surface area (Å²) in [4.78, 5) is 19.5. The summed E-state index contributed by atoms with van der Waals surface area (Å²) in [5, 5.41) is 3.09. The first kappa shape index (κ1) is 21.3. The number of hydrogen-bond donors (Lipinski definition) is 1. The second kappa shape index (κ2) is 9.40. The van der Waals surface area contributed by atoms with Crippen LogP contribution in [0.5, 0.6) is 5.75 Å². The Kier molecular flexibility index (Phi) is 6.91. The van der Waals surface area contributed by atoms with Crippen molar-refractivity contribution in [1.82, 2.24) is 15.2 Å². The Morgan fingerprint density at radius 2 is 2.00 bits per heavy atom. The van der Waals surface area contributed by atoms with Crippen LogP contribution in [0.2, 0.25) is 0 Å². The summed E-state index contributed by atoms with van der Waals surface area (Å²) >= 11 is 0. The van der Waals surface area contributed by atoms with Gasteiger partial charge in [-0.2, -0.15) is 0 Å². The molecule has 3 rings (SSSR count). The maximum Gasteiger partial charge on any atom is 0.252 e. The number of carbonyl (C=O) groups excluding carboxylic acids is 1. The van der Waals surface area contributed by atoms with Crippen LogP contribution in [-0.4, -0.2) is 49.1 Å². The van der Waals surface area contributed by atoms with E-state index in [0.717, 1.165) is 60.7 Å². The number of rotatable bonds is 7. The number of carbonyl (C=O) groups is 1. The standard InChI is InChI=1S/C24H33N3O2/c1-16(2)14-27-9-8-19(15-27)12-26-24(28)20-6-7-22(25-13-20)21-10-17(3)23(29-5)18(4)11-21/h6-7,10-11,13,16,19H,8-9,12,14-15H2,1-5H3,(H,26,28)/t19-/m1/s1. The first-order chi connectivity index (χ1) is 13.9. The Morgan fingerprint density at radius 1 is 1.28 bits per heavy atom. The highest BCUT2D eigenvalue weighted by atomic mass is 16.5. The zero-order valence-corrected chi connectivity index (χ0v) is 18.3. The fourth-order valence-corrected chi connectivity index (χ4v) is 4.22. The summed E-state index contributed by atoms with van der Waals surface area (Å²) in [6, 6.07) is 7.90. The Balaban J connectivity index is 1.58. The van der Waals surface area contributed by atoms with E-state index >= 15 is 0 Å². The maximum absolute atomic E-state index is 12.5. The second-order valence-electron chi connectivity index (χ2n) is 8.59. The van der Waals surface area contributed by atoms with Gasteiger partial charge in [0.05, 0.1) is 18.4 Å². The van der Waals surface area contributed by atoms with Gasteiger partial charge in [-0.3, -0.25) is 9.78 Å². The van der Waals surface area contributed by atoms with E-state index in [2.05, 4.69) is 41.2 Å².